The molecule has 0 spiro atoms. The van der Waals surface area contributed by atoms with Crippen molar-refractivity contribution in [1.29, 1.82) is 0 Å². The maximum atomic E-state index is 12.5. The van der Waals surface area contributed by atoms with Crippen molar-refractivity contribution in [2.24, 2.45) is 0 Å². The first-order chi connectivity index (χ1) is 10.1. The van der Waals surface area contributed by atoms with Crippen molar-refractivity contribution in [2.45, 2.75) is 45.5 Å². The molecule has 112 valence electrons. The predicted molar refractivity (Wildman–Crippen MR) is 64.9 cm³/mol. The molecule has 7 heteroatoms. The maximum Gasteiger partial charge on any atom is 0.425 e. The molecular formula is C12H21F3N2O2. The predicted octanol–water partition coefficient (Wildman–Crippen LogP) is 2.49. The lowest BCUT2D eigenvalue weighted by Gasteiger charge is -2.42. The number of nitrogens with zero attached hydrogens (tertiary/aromatic N) is 2. The average Bonchev–Trinajstić information content (AvgIpc) is 2.31. The number of ether oxygens (including phenoxy) is 1. The van der Waals surface area contributed by atoms with Gasteiger partial charge in [-0.15, -0.1) is 0 Å². The Morgan fingerprint density at radius 3 is 2.37 bits per heavy atom. The molecule has 0 aromatic carbocycles. The Hall–Kier alpha value is -0.980. The smallest absolute Gasteiger partial charge is 0.425 e. The summed E-state index contributed by atoms with van der Waals surface area (Å²) in [5, 5.41) is 0. The molecular weight excluding hydrogens is 261 g/mol. The van der Waals surface area contributed by atoms with Gasteiger partial charge in [-0.05, 0) is 27.7 Å². The quantitative estimate of drug-likeness (QED) is 0.742. The molecule has 0 saturated carbocycles. The summed E-state index contributed by atoms with van der Waals surface area (Å²) >= 11 is 0. The number of amides is 1. The van der Waals surface area contributed by atoms with Gasteiger partial charge >= 0.3 is 12.3 Å². The highest BCUT2D eigenvalue weighted by atomic mass is 19.4. The van der Waals surface area contributed by atoms with E-state index in [0.29, 0.717) is 11.8 Å². The molecule has 0 bridgehead atoms. The zero-order valence-electron chi connectivity index (χ0n) is 15.3. The van der Waals surface area contributed by atoms with Crippen LogP contribution >= 0.6 is 0 Å². The molecule has 0 aromatic heterocycles. The van der Waals surface area contributed by atoms with Gasteiger partial charge in [0.15, 0.2) is 6.10 Å². The lowest BCUT2D eigenvalue weighted by molar-refractivity contribution is -0.200. The normalized spacial score (nSPS) is 33.7. The molecule has 0 aliphatic carbocycles. The van der Waals surface area contributed by atoms with E-state index in [1.807, 2.05) is 0 Å². The summed E-state index contributed by atoms with van der Waals surface area (Å²) in [4.78, 5) is 13.5. The Kier molecular flexibility index (Phi) is 3.15. The summed E-state index contributed by atoms with van der Waals surface area (Å²) in [5.74, 6) is 0. The molecule has 0 radical (unpaired) electrons. The number of rotatable bonds is 1. The molecule has 1 saturated heterocycles. The van der Waals surface area contributed by atoms with E-state index in [2.05, 4.69) is 4.74 Å². The van der Waals surface area contributed by atoms with Crippen LogP contribution in [0.1, 0.15) is 33.2 Å². The van der Waals surface area contributed by atoms with Crippen molar-refractivity contribution in [1.82, 2.24) is 9.80 Å². The summed E-state index contributed by atoms with van der Waals surface area (Å²) in [5.41, 5.74) is -0.725. The lowest BCUT2D eigenvalue weighted by Crippen LogP contribution is -2.55. The fourth-order valence-electron chi connectivity index (χ4n) is 1.28. The van der Waals surface area contributed by atoms with E-state index >= 15 is 0 Å². The first-order valence-corrected chi connectivity index (χ1v) is 5.78. The van der Waals surface area contributed by atoms with E-state index < -0.39 is 43.5 Å². The van der Waals surface area contributed by atoms with Crippen molar-refractivity contribution in [3.63, 3.8) is 0 Å². The molecule has 1 aliphatic rings. The Morgan fingerprint density at radius 1 is 1.32 bits per heavy atom. The molecule has 19 heavy (non-hydrogen) atoms. The third-order valence-electron chi connectivity index (χ3n) is 2.57. The second kappa shape index (κ2) is 5.56. The lowest BCUT2D eigenvalue weighted by atomic mass is 10.1. The third-order valence-corrected chi connectivity index (χ3v) is 2.57. The fourth-order valence-corrected chi connectivity index (χ4v) is 1.28. The molecule has 1 amide bonds. The second-order valence-corrected chi connectivity index (χ2v) is 5.20. The van der Waals surface area contributed by atoms with Crippen molar-refractivity contribution >= 4 is 6.09 Å². The first-order valence-electron chi connectivity index (χ1n) is 7.93. The van der Waals surface area contributed by atoms with Crippen LogP contribution in [0.3, 0.4) is 0 Å². The molecule has 0 aromatic rings. The summed E-state index contributed by atoms with van der Waals surface area (Å²) < 4.78 is 73.5. The van der Waals surface area contributed by atoms with Gasteiger partial charge in [0.25, 0.3) is 0 Å². The largest absolute Gasteiger partial charge is 0.437 e. The molecule has 1 fully saturated rings. The van der Waals surface area contributed by atoms with Gasteiger partial charge in [-0.3, -0.25) is 4.90 Å². The number of carbonyl (C=O) groups is 1. The van der Waals surface area contributed by atoms with Gasteiger partial charge in [0.05, 0.1) is 2.74 Å². The molecule has 3 unspecified atom stereocenters. The summed E-state index contributed by atoms with van der Waals surface area (Å²) in [6.07, 6.45) is -8.69. The summed E-state index contributed by atoms with van der Waals surface area (Å²) in [7, 11) is 0. The minimum atomic E-state index is -4.77. The van der Waals surface area contributed by atoms with Crippen molar-refractivity contribution in [3.05, 3.63) is 0 Å². The number of hydrogen-bond donors (Lipinski definition) is 0. The van der Waals surface area contributed by atoms with E-state index in [4.69, 9.17) is 5.48 Å². The molecule has 1 aliphatic heterocycles. The van der Waals surface area contributed by atoms with Crippen LogP contribution < -0.4 is 0 Å². The minimum absolute atomic E-state index is 0.249. The molecule has 1 rings (SSSR count). The second-order valence-electron chi connectivity index (χ2n) is 5.20. The van der Waals surface area contributed by atoms with Gasteiger partial charge in [0.1, 0.15) is 0 Å². The van der Waals surface area contributed by atoms with Crippen LogP contribution in [0.2, 0.25) is 0 Å². The maximum absolute atomic E-state index is 12.5. The van der Waals surface area contributed by atoms with Crippen molar-refractivity contribution in [2.75, 3.05) is 26.1 Å². The van der Waals surface area contributed by atoms with Crippen molar-refractivity contribution in [3.8, 4) is 0 Å². The number of carbonyl (C=O) groups excluding carboxylic acids is 1. The van der Waals surface area contributed by atoms with Crippen LogP contribution in [0.15, 0.2) is 0 Å². The van der Waals surface area contributed by atoms with E-state index in [-0.39, 0.29) is 6.54 Å². The van der Waals surface area contributed by atoms with E-state index in [0.717, 1.165) is 0 Å². The van der Waals surface area contributed by atoms with Crippen LogP contribution in [0.25, 0.3) is 0 Å². The minimum Gasteiger partial charge on any atom is -0.437 e. The SMILES string of the molecule is [2H]C1CN(C(C)(C)C)C([2H])([2H])C([2H])N1C(=O)OC(C)C(F)(F)F. The zero-order chi connectivity index (χ0) is 18.4. The van der Waals surface area contributed by atoms with E-state index in [1.54, 1.807) is 20.8 Å². The Balaban J connectivity index is 3.00. The van der Waals surface area contributed by atoms with Crippen LogP contribution in [-0.2, 0) is 4.74 Å². The van der Waals surface area contributed by atoms with Crippen LogP contribution in [0, 0.1) is 0 Å². The number of alkyl halides is 3. The Labute approximate surface area is 117 Å². The molecule has 4 nitrogen and oxygen atoms in total. The average molecular weight is 286 g/mol. The van der Waals surface area contributed by atoms with Gasteiger partial charge in [-0.1, -0.05) is 0 Å². The molecule has 0 N–H and O–H groups in total. The third kappa shape index (κ3) is 4.56. The van der Waals surface area contributed by atoms with E-state index in [9.17, 15) is 18.0 Å². The fraction of sp³-hybridized carbons (Fsp3) is 0.917. The highest BCUT2D eigenvalue weighted by Crippen LogP contribution is 2.23. The highest BCUT2D eigenvalue weighted by molar-refractivity contribution is 5.68. The van der Waals surface area contributed by atoms with E-state index in [1.165, 1.54) is 4.90 Å². The van der Waals surface area contributed by atoms with Crippen LogP contribution in [0.5, 0.6) is 0 Å². The van der Waals surface area contributed by atoms with Crippen LogP contribution in [0.4, 0.5) is 18.0 Å². The number of halogens is 3. The summed E-state index contributed by atoms with van der Waals surface area (Å²) in [6, 6.07) is 0. The molecule has 1 heterocycles. The van der Waals surface area contributed by atoms with Crippen LogP contribution in [-0.4, -0.2) is 59.8 Å². The van der Waals surface area contributed by atoms with Gasteiger partial charge in [-0.2, -0.15) is 13.2 Å². The van der Waals surface area contributed by atoms with Crippen molar-refractivity contribution < 1.29 is 28.2 Å². The Morgan fingerprint density at radius 2 is 1.89 bits per heavy atom. The van der Waals surface area contributed by atoms with Gasteiger partial charge in [0.2, 0.25) is 0 Å². The number of piperazine rings is 1. The van der Waals surface area contributed by atoms with Gasteiger partial charge < -0.3 is 9.64 Å². The zero-order valence-corrected chi connectivity index (χ0v) is 11.3. The highest BCUT2D eigenvalue weighted by Gasteiger charge is 2.40. The summed E-state index contributed by atoms with van der Waals surface area (Å²) in [6.45, 7) is -0.190. The standard InChI is InChI=1S/C12H21F3N2O2/c1-9(12(13,14)15)19-10(18)16-5-7-17(8-6-16)11(2,3)4/h9H,5-8H2,1-4H3/i5D,6D,7D2. The Bertz CT molecular complexity index is 457. The first kappa shape index (κ1) is 10.8. The van der Waals surface area contributed by atoms with Gasteiger partial charge in [0, 0.05) is 34.4 Å². The number of hydrogen-bond acceptors (Lipinski definition) is 3. The monoisotopic (exact) mass is 286 g/mol. The van der Waals surface area contributed by atoms with Gasteiger partial charge in [-0.25, -0.2) is 4.79 Å². The molecule has 3 atom stereocenters. The topological polar surface area (TPSA) is 32.8 Å².